The third-order valence-corrected chi connectivity index (χ3v) is 7.22. The number of carbonyl (C=O) groups excluding carboxylic acids is 3. The molecule has 3 atom stereocenters. The van der Waals surface area contributed by atoms with Crippen LogP contribution in [0, 0.1) is 5.41 Å². The Balaban J connectivity index is 1.37. The highest BCUT2D eigenvalue weighted by molar-refractivity contribution is 6.05. The lowest BCUT2D eigenvalue weighted by molar-refractivity contribution is -0.136. The van der Waals surface area contributed by atoms with Crippen molar-refractivity contribution < 1.29 is 14.4 Å². The maximum Gasteiger partial charge on any atom is 0.255 e. The van der Waals surface area contributed by atoms with Gasteiger partial charge in [0.15, 0.2) is 0 Å². The largest absolute Gasteiger partial charge is 0.330 e. The molecule has 7 heteroatoms. The Morgan fingerprint density at radius 3 is 2.82 bits per heavy atom. The molecule has 2 bridgehead atoms. The number of piperidine rings is 2. The highest BCUT2D eigenvalue weighted by atomic mass is 16.2. The van der Waals surface area contributed by atoms with Gasteiger partial charge in [-0.15, -0.1) is 0 Å². The summed E-state index contributed by atoms with van der Waals surface area (Å²) in [5.74, 6) is -0.725. The molecule has 2 saturated heterocycles. The van der Waals surface area contributed by atoms with Crippen LogP contribution in [0.25, 0.3) is 0 Å². The van der Waals surface area contributed by atoms with E-state index in [4.69, 9.17) is 5.73 Å². The second-order valence-electron chi connectivity index (χ2n) is 8.85. The van der Waals surface area contributed by atoms with Crippen molar-refractivity contribution in [3.8, 4) is 0 Å². The van der Waals surface area contributed by atoms with Crippen LogP contribution in [0.1, 0.15) is 53.6 Å². The summed E-state index contributed by atoms with van der Waals surface area (Å²) in [4.78, 5) is 40.8. The number of likely N-dealkylation sites (tertiary alicyclic amines) is 1. The summed E-state index contributed by atoms with van der Waals surface area (Å²) in [5, 5.41) is 2.36. The average Bonchev–Trinajstić information content (AvgIpc) is 3.35. The summed E-state index contributed by atoms with van der Waals surface area (Å²) in [6.45, 7) is 3.04. The second kappa shape index (κ2) is 6.39. The number of amides is 3. The lowest BCUT2D eigenvalue weighted by atomic mass is 9.87. The molecule has 1 aromatic carbocycles. The zero-order chi connectivity index (χ0) is 19.5. The van der Waals surface area contributed by atoms with E-state index in [1.165, 1.54) is 24.8 Å². The second-order valence-corrected chi connectivity index (χ2v) is 8.85. The molecule has 0 spiro atoms. The molecule has 148 valence electrons. The van der Waals surface area contributed by atoms with Gasteiger partial charge in [0.25, 0.3) is 5.91 Å². The van der Waals surface area contributed by atoms with Crippen LogP contribution in [0.15, 0.2) is 18.2 Å². The minimum absolute atomic E-state index is 0.104. The lowest BCUT2D eigenvalue weighted by Crippen LogP contribution is -2.52. The molecule has 3 unspecified atom stereocenters. The van der Waals surface area contributed by atoms with E-state index >= 15 is 0 Å². The molecular formula is C21H26N4O3. The SMILES string of the molecule is NCC12CCC(C1)N(Cc1cccc3c1CN(C1CCC(=O)NC1=O)C3=O)C2. The van der Waals surface area contributed by atoms with Crippen molar-refractivity contribution >= 4 is 17.7 Å². The number of nitrogens with zero attached hydrogens (tertiary/aromatic N) is 2. The van der Waals surface area contributed by atoms with Crippen molar-refractivity contribution in [2.24, 2.45) is 11.1 Å². The third kappa shape index (κ3) is 2.68. The molecule has 1 aromatic rings. The number of nitrogens with two attached hydrogens (primary N) is 1. The molecule has 3 N–H and O–H groups in total. The zero-order valence-electron chi connectivity index (χ0n) is 15.9. The summed E-state index contributed by atoms with van der Waals surface area (Å²) in [7, 11) is 0. The van der Waals surface area contributed by atoms with Gasteiger partial charge in [0.2, 0.25) is 11.8 Å². The van der Waals surface area contributed by atoms with E-state index in [1.807, 2.05) is 12.1 Å². The Labute approximate surface area is 164 Å². The highest BCUT2D eigenvalue weighted by Gasteiger charge is 2.48. The van der Waals surface area contributed by atoms with Crippen molar-refractivity contribution in [3.63, 3.8) is 0 Å². The normalized spacial score (nSPS) is 32.2. The van der Waals surface area contributed by atoms with Gasteiger partial charge in [-0.25, -0.2) is 0 Å². The Morgan fingerprint density at radius 1 is 1.21 bits per heavy atom. The van der Waals surface area contributed by atoms with E-state index in [1.54, 1.807) is 4.90 Å². The van der Waals surface area contributed by atoms with Crippen LogP contribution in [-0.2, 0) is 22.7 Å². The van der Waals surface area contributed by atoms with E-state index in [2.05, 4.69) is 16.3 Å². The number of hydrogen-bond donors (Lipinski definition) is 2. The van der Waals surface area contributed by atoms with E-state index in [0.717, 1.165) is 25.2 Å². The fraction of sp³-hybridized carbons (Fsp3) is 0.571. The van der Waals surface area contributed by atoms with Gasteiger partial charge < -0.3 is 10.6 Å². The number of rotatable bonds is 4. The zero-order valence-corrected chi connectivity index (χ0v) is 15.9. The van der Waals surface area contributed by atoms with Gasteiger partial charge in [-0.05, 0) is 54.8 Å². The first-order chi connectivity index (χ1) is 13.5. The average molecular weight is 382 g/mol. The van der Waals surface area contributed by atoms with Gasteiger partial charge >= 0.3 is 0 Å². The van der Waals surface area contributed by atoms with Gasteiger partial charge in [-0.3, -0.25) is 24.6 Å². The van der Waals surface area contributed by atoms with E-state index in [9.17, 15) is 14.4 Å². The van der Waals surface area contributed by atoms with Crippen LogP contribution in [0.3, 0.4) is 0 Å². The van der Waals surface area contributed by atoms with Gasteiger partial charge in [0, 0.05) is 37.7 Å². The summed E-state index contributed by atoms with van der Waals surface area (Å²) < 4.78 is 0. The molecule has 3 heterocycles. The first-order valence-electron chi connectivity index (χ1n) is 10.2. The smallest absolute Gasteiger partial charge is 0.255 e. The molecule has 0 aromatic heterocycles. The Hall–Kier alpha value is -2.25. The van der Waals surface area contributed by atoms with Crippen molar-refractivity contribution in [2.75, 3.05) is 13.1 Å². The first kappa shape index (κ1) is 17.8. The topological polar surface area (TPSA) is 95.7 Å². The Bertz CT molecular complexity index is 869. The fourth-order valence-electron chi connectivity index (χ4n) is 5.64. The summed E-state index contributed by atoms with van der Waals surface area (Å²) in [6, 6.07) is 5.91. The fourth-order valence-corrected chi connectivity index (χ4v) is 5.64. The molecule has 3 aliphatic heterocycles. The third-order valence-electron chi connectivity index (χ3n) is 7.22. The molecule has 1 aliphatic carbocycles. The highest BCUT2D eigenvalue weighted by Crippen LogP contribution is 2.47. The summed E-state index contributed by atoms with van der Waals surface area (Å²) in [6.07, 6.45) is 4.28. The molecule has 7 nitrogen and oxygen atoms in total. The van der Waals surface area contributed by atoms with Crippen LogP contribution >= 0.6 is 0 Å². The molecule has 5 rings (SSSR count). The Kier molecular flexibility index (Phi) is 4.07. The summed E-state index contributed by atoms with van der Waals surface area (Å²) in [5.41, 5.74) is 9.22. The Morgan fingerprint density at radius 2 is 2.07 bits per heavy atom. The maximum atomic E-state index is 13.0. The number of hydrogen-bond acceptors (Lipinski definition) is 5. The molecule has 4 aliphatic rings. The molecule has 3 amide bonds. The van der Waals surface area contributed by atoms with Crippen LogP contribution < -0.4 is 11.1 Å². The lowest BCUT2D eigenvalue weighted by Gasteiger charge is -2.32. The summed E-state index contributed by atoms with van der Waals surface area (Å²) >= 11 is 0. The van der Waals surface area contributed by atoms with Crippen molar-refractivity contribution in [2.45, 2.75) is 57.3 Å². The van der Waals surface area contributed by atoms with Crippen LogP contribution in [0.2, 0.25) is 0 Å². The van der Waals surface area contributed by atoms with Crippen molar-refractivity contribution in [3.05, 3.63) is 34.9 Å². The molecule has 0 radical (unpaired) electrons. The number of benzene rings is 1. The standard InChI is InChI=1S/C21H26N4O3/c22-11-21-7-6-14(8-21)24(12-21)9-13-2-1-3-15-16(13)10-25(20(15)28)17-4-5-18(26)23-19(17)27/h1-3,14,17H,4-12,22H2,(H,23,26,27). The van der Waals surface area contributed by atoms with Gasteiger partial charge in [-0.1, -0.05) is 12.1 Å². The number of fused-ring (bicyclic) bond motifs is 3. The van der Waals surface area contributed by atoms with Gasteiger partial charge in [0.05, 0.1) is 0 Å². The van der Waals surface area contributed by atoms with E-state index in [-0.39, 0.29) is 29.6 Å². The number of carbonyl (C=O) groups is 3. The van der Waals surface area contributed by atoms with Gasteiger partial charge in [-0.2, -0.15) is 0 Å². The van der Waals surface area contributed by atoms with Crippen molar-refractivity contribution in [1.29, 1.82) is 0 Å². The van der Waals surface area contributed by atoms with Crippen LogP contribution in [0.5, 0.6) is 0 Å². The maximum absolute atomic E-state index is 13.0. The minimum atomic E-state index is -0.561. The molecular weight excluding hydrogens is 356 g/mol. The monoisotopic (exact) mass is 382 g/mol. The van der Waals surface area contributed by atoms with Crippen LogP contribution in [0.4, 0.5) is 0 Å². The molecule has 28 heavy (non-hydrogen) atoms. The molecule has 1 saturated carbocycles. The van der Waals surface area contributed by atoms with E-state index in [0.29, 0.717) is 24.6 Å². The predicted octanol–water partition coefficient (Wildman–Crippen LogP) is 0.761. The van der Waals surface area contributed by atoms with Crippen molar-refractivity contribution in [1.82, 2.24) is 15.1 Å². The van der Waals surface area contributed by atoms with Crippen LogP contribution in [-0.4, -0.2) is 52.7 Å². The minimum Gasteiger partial charge on any atom is -0.330 e. The van der Waals surface area contributed by atoms with E-state index < -0.39 is 6.04 Å². The number of imide groups is 1. The number of nitrogens with one attached hydrogen (secondary N) is 1. The quantitative estimate of drug-likeness (QED) is 0.750. The first-order valence-corrected chi connectivity index (χ1v) is 10.2. The predicted molar refractivity (Wildman–Crippen MR) is 102 cm³/mol. The van der Waals surface area contributed by atoms with Gasteiger partial charge in [0.1, 0.15) is 6.04 Å². The molecule has 3 fully saturated rings.